The van der Waals surface area contributed by atoms with E-state index in [1.165, 1.54) is 0 Å². The molecule has 0 spiro atoms. The number of anilines is 1. The topological polar surface area (TPSA) is 79.6 Å². The zero-order chi connectivity index (χ0) is 26.0. The number of likely N-dealkylation sites (N-methyl/N-ethyl adjacent to an activating group) is 1. The van der Waals surface area contributed by atoms with Crippen LogP contribution in [0, 0.1) is 12.3 Å². The van der Waals surface area contributed by atoms with Gasteiger partial charge in [0.15, 0.2) is 0 Å². The summed E-state index contributed by atoms with van der Waals surface area (Å²) in [4.78, 5) is 19.5. The van der Waals surface area contributed by atoms with Crippen LogP contribution >= 0.6 is 23.5 Å². The monoisotopic (exact) mass is 526 g/mol. The molecule has 0 amide bonds. The minimum Gasteiger partial charge on any atom is -0.393 e. The largest absolute Gasteiger partial charge is 0.393 e. The van der Waals surface area contributed by atoms with E-state index < -0.39 is 0 Å². The molecule has 0 bridgehead atoms. The third-order valence-corrected chi connectivity index (χ3v) is 7.48. The average Bonchev–Trinajstić information content (AvgIpc) is 2.90. The second-order valence-corrected chi connectivity index (χ2v) is 9.96. The molecule has 194 valence electrons. The molecule has 3 N–H and O–H groups in total. The molecular formula is C26H38N8S2. The molecule has 0 radical (unpaired) electrons. The number of para-hydroxylation sites is 1. The van der Waals surface area contributed by atoms with Crippen LogP contribution in [0.15, 0.2) is 67.9 Å². The highest BCUT2D eigenvalue weighted by molar-refractivity contribution is 8.07. The van der Waals surface area contributed by atoms with Gasteiger partial charge in [0.2, 0.25) is 11.9 Å². The van der Waals surface area contributed by atoms with Gasteiger partial charge in [0, 0.05) is 63.5 Å². The number of nitrogens with zero attached hydrogens (tertiary/aromatic N) is 5. The second kappa shape index (κ2) is 17.5. The number of thioether (sulfide) groups is 2. The summed E-state index contributed by atoms with van der Waals surface area (Å²) in [6, 6.07) is 9.90. The van der Waals surface area contributed by atoms with Crippen LogP contribution in [0.25, 0.3) is 0 Å². The summed E-state index contributed by atoms with van der Waals surface area (Å²) in [7, 11) is 5.81. The van der Waals surface area contributed by atoms with Crippen LogP contribution in [0.2, 0.25) is 0 Å². The molecule has 2 rings (SSSR count). The van der Waals surface area contributed by atoms with Crippen LogP contribution in [0.3, 0.4) is 0 Å². The van der Waals surface area contributed by atoms with Crippen molar-refractivity contribution in [3.63, 3.8) is 0 Å². The molecule has 1 heterocycles. The molecule has 1 aromatic rings. The molecule has 0 aromatic heterocycles. The van der Waals surface area contributed by atoms with Crippen molar-refractivity contribution in [3.8, 4) is 12.3 Å². The molecule has 1 unspecified atom stereocenters. The number of guanidine groups is 2. The second-order valence-electron chi connectivity index (χ2n) is 7.82. The summed E-state index contributed by atoms with van der Waals surface area (Å²) < 4.78 is 0. The number of piperazine rings is 1. The van der Waals surface area contributed by atoms with Crippen molar-refractivity contribution in [2.45, 2.75) is 18.6 Å². The maximum atomic E-state index is 5.64. The van der Waals surface area contributed by atoms with Crippen LogP contribution in [-0.2, 0) is 0 Å². The molecule has 1 aliphatic rings. The van der Waals surface area contributed by atoms with Crippen LogP contribution in [-0.4, -0.2) is 86.5 Å². The first kappa shape index (κ1) is 29.4. The van der Waals surface area contributed by atoms with E-state index in [9.17, 15) is 0 Å². The molecule has 10 heteroatoms. The van der Waals surface area contributed by atoms with E-state index in [-0.39, 0.29) is 5.25 Å². The van der Waals surface area contributed by atoms with E-state index in [0.29, 0.717) is 18.3 Å². The fourth-order valence-corrected chi connectivity index (χ4v) is 5.16. The molecule has 1 aromatic carbocycles. The van der Waals surface area contributed by atoms with E-state index in [2.05, 4.69) is 54.1 Å². The highest BCUT2D eigenvalue weighted by Gasteiger charge is 2.18. The minimum absolute atomic E-state index is 0.164. The molecule has 0 saturated carbocycles. The van der Waals surface area contributed by atoms with Gasteiger partial charge in [0.1, 0.15) is 0 Å². The zero-order valence-corrected chi connectivity index (χ0v) is 23.3. The van der Waals surface area contributed by atoms with Gasteiger partial charge in [-0.15, -0.1) is 35.9 Å². The number of hydrogen-bond donors (Lipinski definition) is 3. The SMILES string of the molecule is C#CCC(S/C=C\C)/C(=C/NC)SC/N=C(/N=C/Nc1ccccc1)NC(=NC)N1CCN(C)CC1. The first-order valence-electron chi connectivity index (χ1n) is 11.9. The van der Waals surface area contributed by atoms with Crippen molar-refractivity contribution in [2.24, 2.45) is 15.0 Å². The molecule has 8 nitrogen and oxygen atoms in total. The summed E-state index contributed by atoms with van der Waals surface area (Å²) >= 11 is 3.35. The Morgan fingerprint density at radius 2 is 1.97 bits per heavy atom. The normalized spacial score (nSPS) is 16.9. The maximum absolute atomic E-state index is 5.64. The van der Waals surface area contributed by atoms with Crippen molar-refractivity contribution in [1.82, 2.24) is 20.4 Å². The molecule has 1 saturated heterocycles. The van der Waals surface area contributed by atoms with Crippen LogP contribution in [0.4, 0.5) is 5.69 Å². The Kier molecular flexibility index (Phi) is 14.3. The zero-order valence-electron chi connectivity index (χ0n) is 21.6. The van der Waals surface area contributed by atoms with Gasteiger partial charge >= 0.3 is 0 Å². The summed E-state index contributed by atoms with van der Waals surface area (Å²) in [5.41, 5.74) is 0.954. The van der Waals surface area contributed by atoms with Gasteiger partial charge in [-0.1, -0.05) is 24.3 Å². The summed E-state index contributed by atoms with van der Waals surface area (Å²) in [5.74, 6) is 4.53. The van der Waals surface area contributed by atoms with Crippen molar-refractivity contribution in [2.75, 3.05) is 58.5 Å². The lowest BCUT2D eigenvalue weighted by molar-refractivity contribution is 0.213. The van der Waals surface area contributed by atoms with Crippen molar-refractivity contribution >= 4 is 47.5 Å². The standard InChI is InChI=1S/C26H38N8S2/c1-6-11-23(35-18-7-2)24(19-27-3)36-21-31-25(30-20-29-22-12-9-8-10-13-22)32-26(28-4)34-16-14-33(5)15-17-34/h1,7-10,12-13,18-20,23,27H,11,14-17,21H2,2-5H3,(H2,28,29,30,31,32)/b18-7-,24-19-. The van der Waals surface area contributed by atoms with Gasteiger partial charge < -0.3 is 20.4 Å². The Morgan fingerprint density at radius 3 is 2.61 bits per heavy atom. The van der Waals surface area contributed by atoms with E-state index in [0.717, 1.165) is 42.7 Å². The van der Waals surface area contributed by atoms with E-state index in [1.54, 1.807) is 36.9 Å². The van der Waals surface area contributed by atoms with Crippen LogP contribution in [0.1, 0.15) is 13.3 Å². The van der Waals surface area contributed by atoms with Crippen molar-refractivity contribution < 1.29 is 0 Å². The minimum atomic E-state index is 0.164. The van der Waals surface area contributed by atoms with E-state index in [4.69, 9.17) is 11.4 Å². The van der Waals surface area contributed by atoms with Crippen LogP contribution in [0.5, 0.6) is 0 Å². The molecule has 0 aliphatic carbocycles. The Labute approximate surface area is 224 Å². The van der Waals surface area contributed by atoms with Gasteiger partial charge in [0.05, 0.1) is 17.5 Å². The third-order valence-electron chi connectivity index (χ3n) is 5.16. The number of terminal acetylenes is 1. The smallest absolute Gasteiger partial charge is 0.227 e. The quantitative estimate of drug-likeness (QED) is 0.244. The van der Waals surface area contributed by atoms with Crippen molar-refractivity contribution in [3.05, 3.63) is 52.9 Å². The molecule has 36 heavy (non-hydrogen) atoms. The highest BCUT2D eigenvalue weighted by Crippen LogP contribution is 2.31. The molecule has 1 fully saturated rings. The lowest BCUT2D eigenvalue weighted by Gasteiger charge is -2.34. The summed E-state index contributed by atoms with van der Waals surface area (Å²) in [5, 5.41) is 11.9. The van der Waals surface area contributed by atoms with Gasteiger partial charge in [0.25, 0.3) is 0 Å². The first-order valence-corrected chi connectivity index (χ1v) is 13.8. The summed E-state index contributed by atoms with van der Waals surface area (Å²) in [6.45, 7) is 5.77. The predicted molar refractivity (Wildman–Crippen MR) is 161 cm³/mol. The fourth-order valence-electron chi connectivity index (χ4n) is 3.24. The number of aliphatic imine (C=N–C) groups is 3. The molecule has 1 atom stereocenters. The van der Waals surface area contributed by atoms with Crippen LogP contribution < -0.4 is 16.0 Å². The van der Waals surface area contributed by atoms with Gasteiger partial charge in [-0.25, -0.2) is 9.98 Å². The molecular weight excluding hydrogens is 488 g/mol. The Balaban J connectivity index is 2.16. The van der Waals surface area contributed by atoms with E-state index >= 15 is 0 Å². The maximum Gasteiger partial charge on any atom is 0.227 e. The number of nitrogens with one attached hydrogen (secondary N) is 3. The van der Waals surface area contributed by atoms with Gasteiger partial charge in [-0.05, 0) is 31.5 Å². The van der Waals surface area contributed by atoms with E-state index in [1.807, 2.05) is 56.6 Å². The van der Waals surface area contributed by atoms with Crippen molar-refractivity contribution in [1.29, 1.82) is 0 Å². The average molecular weight is 527 g/mol. The predicted octanol–water partition coefficient (Wildman–Crippen LogP) is 3.72. The lowest BCUT2D eigenvalue weighted by atomic mass is 10.3. The number of allylic oxidation sites excluding steroid dienone is 1. The van der Waals surface area contributed by atoms with Gasteiger partial charge in [-0.2, -0.15) is 0 Å². The molecule has 1 aliphatic heterocycles. The lowest BCUT2D eigenvalue weighted by Crippen LogP contribution is -2.52. The number of rotatable bonds is 10. The first-order chi connectivity index (χ1) is 17.6. The Hall–Kier alpha value is -2.87. The third kappa shape index (κ3) is 10.8. The highest BCUT2D eigenvalue weighted by atomic mass is 32.2. The Bertz CT molecular complexity index is 958. The fraction of sp³-hybridized carbons (Fsp3) is 0.423. The summed E-state index contributed by atoms with van der Waals surface area (Å²) in [6.07, 6.45) is 11.9. The number of hydrogen-bond acceptors (Lipinski definition) is 6. The van der Waals surface area contributed by atoms with Gasteiger partial charge in [-0.3, -0.25) is 10.3 Å². The number of benzene rings is 1. The Morgan fingerprint density at radius 1 is 1.22 bits per heavy atom.